The molecule has 23 heavy (non-hydrogen) atoms. The lowest BCUT2D eigenvalue weighted by Gasteiger charge is -2.13. The lowest BCUT2D eigenvalue weighted by Crippen LogP contribution is -1.99. The molecule has 4 rings (SSSR count). The van der Waals surface area contributed by atoms with Crippen LogP contribution in [0.15, 0.2) is 78.9 Å². The average Bonchev–Trinajstić information content (AvgIpc) is 2.62. The zero-order chi connectivity index (χ0) is 15.6. The molecule has 0 saturated heterocycles. The lowest BCUT2D eigenvalue weighted by molar-refractivity contribution is 1.05. The van der Waals surface area contributed by atoms with Crippen LogP contribution >= 0.6 is 0 Å². The lowest BCUT2D eigenvalue weighted by atomic mass is 9.89. The van der Waals surface area contributed by atoms with Crippen molar-refractivity contribution in [2.45, 2.75) is 5.92 Å². The maximum atomic E-state index is 9.74. The standard InChI is InChI=1S/C21H14N2/c22-14-19(15-7-2-1-3-8-15)17-10-6-12-21-18(17)13-16-9-4-5-11-20(16)23-21/h1-13,19H. The molecule has 0 spiro atoms. The van der Waals surface area contributed by atoms with Gasteiger partial charge >= 0.3 is 0 Å². The van der Waals surface area contributed by atoms with E-state index in [-0.39, 0.29) is 5.92 Å². The summed E-state index contributed by atoms with van der Waals surface area (Å²) in [4.78, 5) is 4.74. The van der Waals surface area contributed by atoms with Crippen molar-refractivity contribution >= 4 is 21.8 Å². The largest absolute Gasteiger partial charge is 0.248 e. The van der Waals surface area contributed by atoms with Gasteiger partial charge in [-0.3, -0.25) is 0 Å². The minimum atomic E-state index is -0.289. The molecule has 0 aliphatic heterocycles. The molecule has 1 aromatic heterocycles. The molecular formula is C21H14N2. The molecule has 0 aliphatic rings. The molecule has 1 unspecified atom stereocenters. The topological polar surface area (TPSA) is 36.7 Å². The van der Waals surface area contributed by atoms with Gasteiger partial charge in [0.25, 0.3) is 0 Å². The molecule has 1 heterocycles. The fourth-order valence-corrected chi connectivity index (χ4v) is 3.04. The van der Waals surface area contributed by atoms with E-state index in [4.69, 9.17) is 4.98 Å². The highest BCUT2D eigenvalue weighted by Crippen LogP contribution is 2.31. The minimum Gasteiger partial charge on any atom is -0.248 e. The number of hydrogen-bond acceptors (Lipinski definition) is 2. The number of benzene rings is 3. The fraction of sp³-hybridized carbons (Fsp3) is 0.0476. The molecule has 0 fully saturated rings. The van der Waals surface area contributed by atoms with E-state index in [1.165, 1.54) is 0 Å². The van der Waals surface area contributed by atoms with Crippen LogP contribution in [0.25, 0.3) is 21.8 Å². The molecule has 0 aliphatic carbocycles. The average molecular weight is 294 g/mol. The van der Waals surface area contributed by atoms with Gasteiger partial charge in [-0.25, -0.2) is 4.98 Å². The third-order valence-corrected chi connectivity index (χ3v) is 4.17. The Morgan fingerprint density at radius 2 is 1.52 bits per heavy atom. The van der Waals surface area contributed by atoms with Crippen LogP contribution in [-0.2, 0) is 0 Å². The van der Waals surface area contributed by atoms with Crippen LogP contribution in [0.2, 0.25) is 0 Å². The number of hydrogen-bond donors (Lipinski definition) is 0. The van der Waals surface area contributed by atoms with Crippen LogP contribution in [0.3, 0.4) is 0 Å². The number of pyridine rings is 1. The predicted octanol–water partition coefficient (Wildman–Crippen LogP) is 5.04. The first-order valence-corrected chi connectivity index (χ1v) is 7.60. The van der Waals surface area contributed by atoms with E-state index < -0.39 is 0 Å². The molecular weight excluding hydrogens is 280 g/mol. The summed E-state index contributed by atoms with van der Waals surface area (Å²) in [5, 5.41) is 11.9. The van der Waals surface area contributed by atoms with E-state index in [0.29, 0.717) is 0 Å². The van der Waals surface area contributed by atoms with Gasteiger partial charge in [-0.2, -0.15) is 5.26 Å². The third-order valence-electron chi connectivity index (χ3n) is 4.17. The van der Waals surface area contributed by atoms with Crippen molar-refractivity contribution in [1.82, 2.24) is 4.98 Å². The molecule has 0 bridgehead atoms. The van der Waals surface area contributed by atoms with Crippen molar-refractivity contribution in [3.8, 4) is 6.07 Å². The predicted molar refractivity (Wildman–Crippen MR) is 93.1 cm³/mol. The van der Waals surface area contributed by atoms with Gasteiger partial charge in [-0.1, -0.05) is 60.7 Å². The number of para-hydroxylation sites is 1. The zero-order valence-corrected chi connectivity index (χ0v) is 12.5. The Labute approximate surface area is 134 Å². The van der Waals surface area contributed by atoms with Crippen LogP contribution in [0.5, 0.6) is 0 Å². The Morgan fingerprint density at radius 1 is 0.783 bits per heavy atom. The Hall–Kier alpha value is -3.18. The van der Waals surface area contributed by atoms with E-state index in [2.05, 4.69) is 18.2 Å². The molecule has 4 aromatic rings. The summed E-state index contributed by atoms with van der Waals surface area (Å²) in [6.07, 6.45) is 0. The van der Waals surface area contributed by atoms with Gasteiger partial charge in [0.05, 0.1) is 23.0 Å². The Morgan fingerprint density at radius 3 is 2.35 bits per heavy atom. The summed E-state index contributed by atoms with van der Waals surface area (Å²) in [5.74, 6) is -0.289. The molecule has 1 atom stereocenters. The van der Waals surface area contributed by atoms with Crippen molar-refractivity contribution in [1.29, 1.82) is 5.26 Å². The van der Waals surface area contributed by atoms with Crippen molar-refractivity contribution in [3.05, 3.63) is 90.0 Å². The second-order valence-electron chi connectivity index (χ2n) is 5.57. The molecule has 2 heteroatoms. The summed E-state index contributed by atoms with van der Waals surface area (Å²) < 4.78 is 0. The molecule has 0 N–H and O–H groups in total. The maximum Gasteiger partial charge on any atom is 0.0969 e. The monoisotopic (exact) mass is 294 g/mol. The molecule has 0 radical (unpaired) electrons. The van der Waals surface area contributed by atoms with Crippen LogP contribution in [0.4, 0.5) is 0 Å². The molecule has 0 saturated carbocycles. The summed E-state index contributed by atoms with van der Waals surface area (Å²) in [6, 6.07) is 28.6. The van der Waals surface area contributed by atoms with Gasteiger partial charge in [0, 0.05) is 10.8 Å². The Balaban J connectivity index is 1.99. The van der Waals surface area contributed by atoms with Gasteiger partial charge in [0.15, 0.2) is 0 Å². The first-order valence-electron chi connectivity index (χ1n) is 7.60. The fourth-order valence-electron chi connectivity index (χ4n) is 3.04. The summed E-state index contributed by atoms with van der Waals surface area (Å²) in [5.41, 5.74) is 3.92. The van der Waals surface area contributed by atoms with Gasteiger partial charge < -0.3 is 0 Å². The van der Waals surface area contributed by atoms with Gasteiger partial charge in [0.2, 0.25) is 0 Å². The SMILES string of the molecule is N#CC(c1ccccc1)c1cccc2nc3ccccc3cc12. The number of nitriles is 1. The quantitative estimate of drug-likeness (QED) is 0.485. The summed E-state index contributed by atoms with van der Waals surface area (Å²) in [7, 11) is 0. The Kier molecular flexibility index (Phi) is 3.25. The number of aromatic nitrogens is 1. The van der Waals surface area contributed by atoms with Crippen LogP contribution in [0, 0.1) is 11.3 Å². The highest BCUT2D eigenvalue weighted by atomic mass is 14.7. The van der Waals surface area contributed by atoms with E-state index in [1.54, 1.807) is 0 Å². The highest BCUT2D eigenvalue weighted by molar-refractivity contribution is 5.95. The number of nitrogens with zero attached hydrogens (tertiary/aromatic N) is 2. The third kappa shape index (κ3) is 2.33. The van der Waals surface area contributed by atoms with Crippen LogP contribution in [0.1, 0.15) is 17.0 Å². The second kappa shape index (κ2) is 5.55. The first kappa shape index (κ1) is 13.5. The molecule has 0 amide bonds. The number of fused-ring (bicyclic) bond motifs is 2. The maximum absolute atomic E-state index is 9.74. The summed E-state index contributed by atoms with van der Waals surface area (Å²) in [6.45, 7) is 0. The zero-order valence-electron chi connectivity index (χ0n) is 12.5. The Bertz CT molecular complexity index is 1030. The minimum absolute atomic E-state index is 0.289. The van der Waals surface area contributed by atoms with Gasteiger partial charge in [-0.05, 0) is 29.3 Å². The van der Waals surface area contributed by atoms with E-state index in [1.807, 2.05) is 66.7 Å². The van der Waals surface area contributed by atoms with Crippen molar-refractivity contribution in [2.75, 3.05) is 0 Å². The smallest absolute Gasteiger partial charge is 0.0969 e. The van der Waals surface area contributed by atoms with Crippen molar-refractivity contribution in [3.63, 3.8) is 0 Å². The molecule has 2 nitrogen and oxygen atoms in total. The first-order chi connectivity index (χ1) is 11.4. The van der Waals surface area contributed by atoms with Crippen LogP contribution < -0.4 is 0 Å². The van der Waals surface area contributed by atoms with E-state index >= 15 is 0 Å². The van der Waals surface area contributed by atoms with E-state index in [9.17, 15) is 5.26 Å². The van der Waals surface area contributed by atoms with Crippen LogP contribution in [-0.4, -0.2) is 4.98 Å². The number of rotatable bonds is 2. The normalized spacial score (nSPS) is 12.1. The summed E-state index contributed by atoms with van der Waals surface area (Å²) >= 11 is 0. The van der Waals surface area contributed by atoms with Gasteiger partial charge in [0.1, 0.15) is 0 Å². The highest BCUT2D eigenvalue weighted by Gasteiger charge is 2.16. The second-order valence-corrected chi connectivity index (χ2v) is 5.57. The molecule has 3 aromatic carbocycles. The van der Waals surface area contributed by atoms with Crippen molar-refractivity contribution < 1.29 is 0 Å². The van der Waals surface area contributed by atoms with Gasteiger partial charge in [-0.15, -0.1) is 0 Å². The molecule has 108 valence electrons. The van der Waals surface area contributed by atoms with Crippen molar-refractivity contribution in [2.24, 2.45) is 0 Å². The van der Waals surface area contributed by atoms with E-state index in [0.717, 1.165) is 32.9 Å².